The highest BCUT2D eigenvalue weighted by Crippen LogP contribution is 2.30. The minimum Gasteiger partial charge on any atom is -0.480 e. The van der Waals surface area contributed by atoms with E-state index in [9.17, 15) is 9.59 Å². The molecule has 6 heteroatoms. The summed E-state index contributed by atoms with van der Waals surface area (Å²) < 4.78 is 0. The smallest absolute Gasteiger partial charge is 0.323 e. The molecule has 1 heterocycles. The fourth-order valence-corrected chi connectivity index (χ4v) is 2.84. The van der Waals surface area contributed by atoms with Crippen LogP contribution in [0.5, 0.6) is 0 Å². The number of nitrogens with zero attached hydrogens (tertiary/aromatic N) is 2. The van der Waals surface area contributed by atoms with Crippen molar-refractivity contribution in [2.45, 2.75) is 38.6 Å². The lowest BCUT2D eigenvalue weighted by Crippen LogP contribution is -2.52. The van der Waals surface area contributed by atoms with Gasteiger partial charge in [0.2, 0.25) is 0 Å². The van der Waals surface area contributed by atoms with E-state index < -0.39 is 5.97 Å². The minimum absolute atomic E-state index is 0.103. The Balaban J connectivity index is 1.99. The van der Waals surface area contributed by atoms with E-state index >= 15 is 0 Å². The molecule has 1 saturated carbocycles. The summed E-state index contributed by atoms with van der Waals surface area (Å²) in [4.78, 5) is 27.0. The van der Waals surface area contributed by atoms with Crippen molar-refractivity contribution in [1.29, 1.82) is 0 Å². The van der Waals surface area contributed by atoms with Crippen LogP contribution in [0.15, 0.2) is 0 Å². The molecule has 0 unspecified atom stereocenters. The Bertz CT molecular complexity index is 352. The van der Waals surface area contributed by atoms with Gasteiger partial charge in [-0.2, -0.15) is 0 Å². The lowest BCUT2D eigenvalue weighted by molar-refractivity contribution is -0.137. The highest BCUT2D eigenvalue weighted by Gasteiger charge is 2.32. The Morgan fingerprint density at radius 2 is 1.85 bits per heavy atom. The van der Waals surface area contributed by atoms with E-state index in [0.717, 1.165) is 38.8 Å². The van der Waals surface area contributed by atoms with Crippen LogP contribution in [0.25, 0.3) is 0 Å². The fourth-order valence-electron chi connectivity index (χ4n) is 2.84. The minimum atomic E-state index is -0.930. The monoisotopic (exact) mass is 283 g/mol. The topological polar surface area (TPSA) is 72.9 Å². The molecule has 2 N–H and O–H groups in total. The van der Waals surface area contributed by atoms with Crippen LogP contribution < -0.4 is 5.32 Å². The maximum atomic E-state index is 12.6. The molecule has 1 aliphatic heterocycles. The lowest BCUT2D eigenvalue weighted by Gasteiger charge is -2.37. The molecule has 2 rings (SSSR count). The second kappa shape index (κ2) is 6.92. The first-order chi connectivity index (χ1) is 9.61. The number of rotatable bonds is 6. The molecule has 0 aromatic heterocycles. The van der Waals surface area contributed by atoms with Crippen LogP contribution in [0.4, 0.5) is 4.79 Å². The lowest BCUT2D eigenvalue weighted by atomic mass is 10.1. The largest absolute Gasteiger partial charge is 0.480 e. The van der Waals surface area contributed by atoms with Crippen LogP contribution in [0.2, 0.25) is 0 Å². The van der Waals surface area contributed by atoms with Gasteiger partial charge in [-0.3, -0.25) is 4.79 Å². The quantitative estimate of drug-likeness (QED) is 0.762. The average molecular weight is 283 g/mol. The van der Waals surface area contributed by atoms with E-state index in [-0.39, 0.29) is 18.6 Å². The molecule has 1 saturated heterocycles. The molecule has 0 atom stereocenters. The van der Waals surface area contributed by atoms with Crippen molar-refractivity contribution in [3.05, 3.63) is 0 Å². The maximum Gasteiger partial charge on any atom is 0.323 e. The molecule has 0 aromatic rings. The molecule has 2 fully saturated rings. The number of nitrogens with one attached hydrogen (secondary N) is 1. The second-order valence-electron chi connectivity index (χ2n) is 5.77. The van der Waals surface area contributed by atoms with Gasteiger partial charge in [0.15, 0.2) is 0 Å². The van der Waals surface area contributed by atoms with Crippen molar-refractivity contribution in [3.8, 4) is 0 Å². The van der Waals surface area contributed by atoms with Gasteiger partial charge in [-0.1, -0.05) is 0 Å². The molecule has 2 aliphatic rings. The Morgan fingerprint density at radius 3 is 2.35 bits per heavy atom. The number of carbonyl (C=O) groups excluding carboxylic acids is 1. The third kappa shape index (κ3) is 4.10. The van der Waals surface area contributed by atoms with E-state index in [4.69, 9.17) is 5.11 Å². The van der Waals surface area contributed by atoms with Gasteiger partial charge in [0.25, 0.3) is 0 Å². The average Bonchev–Trinajstić information content (AvgIpc) is 3.23. The van der Waals surface area contributed by atoms with E-state index in [2.05, 4.69) is 5.32 Å². The van der Waals surface area contributed by atoms with Gasteiger partial charge in [-0.15, -0.1) is 0 Å². The molecule has 0 spiro atoms. The predicted octanol–water partition coefficient (Wildman–Crippen LogP) is 0.977. The standard InChI is InChI=1S/C14H25N3O3/c1-2-17(12-5-7-15-8-6-12)14(20)16(10-13(18)19)9-11-3-4-11/h11-12,15H,2-10H2,1H3,(H,18,19). The molecule has 0 radical (unpaired) electrons. The summed E-state index contributed by atoms with van der Waals surface area (Å²) in [5, 5.41) is 12.3. The highest BCUT2D eigenvalue weighted by atomic mass is 16.4. The second-order valence-corrected chi connectivity index (χ2v) is 5.77. The van der Waals surface area contributed by atoms with Crippen molar-refractivity contribution in [2.24, 2.45) is 5.92 Å². The Kier molecular flexibility index (Phi) is 5.23. The van der Waals surface area contributed by atoms with Crippen LogP contribution in [-0.4, -0.2) is 65.7 Å². The number of carboxylic acid groups (broad SMARTS) is 1. The van der Waals surface area contributed by atoms with Gasteiger partial charge >= 0.3 is 12.0 Å². The summed E-state index contributed by atoms with van der Waals surface area (Å²) in [5.74, 6) is -0.426. The van der Waals surface area contributed by atoms with E-state index in [1.54, 1.807) is 0 Å². The number of carboxylic acids is 1. The number of aliphatic carboxylic acids is 1. The van der Waals surface area contributed by atoms with Gasteiger partial charge in [-0.25, -0.2) is 4.79 Å². The number of hydrogen-bond donors (Lipinski definition) is 2. The van der Waals surface area contributed by atoms with Gasteiger partial charge in [0.05, 0.1) is 0 Å². The molecule has 114 valence electrons. The molecular weight excluding hydrogens is 258 g/mol. The van der Waals surface area contributed by atoms with Crippen LogP contribution >= 0.6 is 0 Å². The first-order valence-electron chi connectivity index (χ1n) is 7.59. The van der Waals surface area contributed by atoms with Crippen molar-refractivity contribution in [3.63, 3.8) is 0 Å². The third-order valence-corrected chi connectivity index (χ3v) is 4.11. The van der Waals surface area contributed by atoms with Gasteiger partial charge in [0.1, 0.15) is 6.54 Å². The maximum absolute atomic E-state index is 12.6. The van der Waals surface area contributed by atoms with E-state index in [1.807, 2.05) is 11.8 Å². The Labute approximate surface area is 120 Å². The molecule has 0 bridgehead atoms. The zero-order valence-corrected chi connectivity index (χ0v) is 12.2. The third-order valence-electron chi connectivity index (χ3n) is 4.11. The van der Waals surface area contributed by atoms with E-state index in [0.29, 0.717) is 19.0 Å². The Morgan fingerprint density at radius 1 is 1.20 bits per heavy atom. The SMILES string of the molecule is CCN(C(=O)N(CC(=O)O)CC1CC1)C1CCNCC1. The first-order valence-corrected chi connectivity index (χ1v) is 7.59. The molecule has 20 heavy (non-hydrogen) atoms. The zero-order valence-electron chi connectivity index (χ0n) is 12.2. The summed E-state index contributed by atoms with van der Waals surface area (Å²) in [7, 11) is 0. The summed E-state index contributed by atoms with van der Waals surface area (Å²) in [6, 6.07) is 0.137. The van der Waals surface area contributed by atoms with Gasteiger partial charge in [0, 0.05) is 19.1 Å². The van der Waals surface area contributed by atoms with Crippen LogP contribution in [0, 0.1) is 5.92 Å². The van der Waals surface area contributed by atoms with Gasteiger partial charge in [-0.05, 0) is 51.6 Å². The van der Waals surface area contributed by atoms with E-state index in [1.165, 1.54) is 4.90 Å². The highest BCUT2D eigenvalue weighted by molar-refractivity contribution is 5.80. The number of carbonyl (C=O) groups is 2. The van der Waals surface area contributed by atoms with Crippen molar-refractivity contribution < 1.29 is 14.7 Å². The Hall–Kier alpha value is -1.30. The summed E-state index contributed by atoms with van der Waals surface area (Å²) in [6.07, 6.45) is 4.12. The van der Waals surface area contributed by atoms with Crippen molar-refractivity contribution in [2.75, 3.05) is 32.7 Å². The number of urea groups is 1. The zero-order chi connectivity index (χ0) is 14.5. The summed E-state index contributed by atoms with van der Waals surface area (Å²) in [6.45, 7) is 4.87. The summed E-state index contributed by atoms with van der Waals surface area (Å²) >= 11 is 0. The predicted molar refractivity (Wildman–Crippen MR) is 75.6 cm³/mol. The molecule has 0 aromatic carbocycles. The number of piperidine rings is 1. The summed E-state index contributed by atoms with van der Waals surface area (Å²) in [5.41, 5.74) is 0. The van der Waals surface area contributed by atoms with Crippen molar-refractivity contribution >= 4 is 12.0 Å². The molecular formula is C14H25N3O3. The number of hydrogen-bond acceptors (Lipinski definition) is 3. The van der Waals surface area contributed by atoms with Crippen LogP contribution in [0.3, 0.4) is 0 Å². The molecule has 6 nitrogen and oxygen atoms in total. The molecule has 1 aliphatic carbocycles. The fraction of sp³-hybridized carbons (Fsp3) is 0.857. The van der Waals surface area contributed by atoms with Crippen LogP contribution in [-0.2, 0) is 4.79 Å². The van der Waals surface area contributed by atoms with Gasteiger partial charge < -0.3 is 20.2 Å². The molecule has 2 amide bonds. The normalized spacial score (nSPS) is 19.6. The van der Waals surface area contributed by atoms with Crippen LogP contribution in [0.1, 0.15) is 32.6 Å². The first kappa shape index (κ1) is 15.1. The van der Waals surface area contributed by atoms with Crippen molar-refractivity contribution in [1.82, 2.24) is 15.1 Å². The number of amides is 2.